The number of aryl methyl sites for hydroxylation is 2. The molecule has 18 heavy (non-hydrogen) atoms. The van der Waals surface area contributed by atoms with Crippen molar-refractivity contribution in [2.75, 3.05) is 6.61 Å². The molecule has 2 N–H and O–H groups in total. The van der Waals surface area contributed by atoms with Crippen molar-refractivity contribution >= 4 is 10.0 Å². The molecule has 1 rings (SSSR count). The molecule has 1 aromatic rings. The Balaban J connectivity index is 2.94. The summed E-state index contributed by atoms with van der Waals surface area (Å²) >= 11 is 0. The summed E-state index contributed by atoms with van der Waals surface area (Å²) in [5.74, 6) is 0.538. The highest BCUT2D eigenvalue weighted by Gasteiger charge is 2.27. The number of aliphatic hydroxyl groups is 1. The van der Waals surface area contributed by atoms with E-state index < -0.39 is 16.1 Å². The van der Waals surface area contributed by atoms with E-state index >= 15 is 0 Å². The zero-order chi connectivity index (χ0) is 13.9. The number of hydrogen-bond acceptors (Lipinski definition) is 5. The van der Waals surface area contributed by atoms with Gasteiger partial charge in [0.2, 0.25) is 10.0 Å². The van der Waals surface area contributed by atoms with Crippen molar-refractivity contribution in [3.8, 4) is 0 Å². The number of hydrogen-bond donors (Lipinski definition) is 2. The monoisotopic (exact) mass is 276 g/mol. The molecule has 0 spiro atoms. The Hall–Kier alpha value is -0.920. The van der Waals surface area contributed by atoms with Crippen LogP contribution in [0.3, 0.4) is 0 Å². The number of rotatable bonds is 6. The Morgan fingerprint density at radius 1 is 1.39 bits per heavy atom. The van der Waals surface area contributed by atoms with E-state index in [4.69, 9.17) is 4.52 Å². The highest BCUT2D eigenvalue weighted by molar-refractivity contribution is 7.89. The normalized spacial score (nSPS) is 14.1. The average Bonchev–Trinajstić information content (AvgIpc) is 2.56. The van der Waals surface area contributed by atoms with Gasteiger partial charge in [0.15, 0.2) is 5.76 Å². The van der Waals surface area contributed by atoms with Gasteiger partial charge in [-0.25, -0.2) is 13.1 Å². The van der Waals surface area contributed by atoms with Crippen LogP contribution in [0.15, 0.2) is 9.42 Å². The molecule has 1 unspecified atom stereocenters. The Morgan fingerprint density at radius 3 is 2.39 bits per heavy atom. The largest absolute Gasteiger partial charge is 0.395 e. The van der Waals surface area contributed by atoms with Crippen LogP contribution in [-0.2, 0) is 10.0 Å². The van der Waals surface area contributed by atoms with Crippen LogP contribution in [0.4, 0.5) is 0 Å². The minimum absolute atomic E-state index is 0.0599. The van der Waals surface area contributed by atoms with Crippen molar-refractivity contribution in [2.45, 2.75) is 45.1 Å². The zero-order valence-electron chi connectivity index (χ0n) is 11.1. The van der Waals surface area contributed by atoms with E-state index in [1.54, 1.807) is 13.8 Å². The van der Waals surface area contributed by atoms with Gasteiger partial charge in [-0.2, -0.15) is 0 Å². The predicted octanol–water partition coefficient (Wildman–Crippen LogP) is 0.977. The summed E-state index contributed by atoms with van der Waals surface area (Å²) in [6, 6.07) is -0.497. The molecule has 7 heteroatoms. The van der Waals surface area contributed by atoms with Crippen LogP contribution in [0.2, 0.25) is 0 Å². The molecule has 1 heterocycles. The van der Waals surface area contributed by atoms with Crippen molar-refractivity contribution in [3.05, 3.63) is 11.5 Å². The second-order valence-corrected chi connectivity index (χ2v) is 6.43. The summed E-state index contributed by atoms with van der Waals surface area (Å²) in [4.78, 5) is 0.0599. The van der Waals surface area contributed by atoms with Crippen LogP contribution >= 0.6 is 0 Å². The van der Waals surface area contributed by atoms with Crippen LogP contribution in [0.25, 0.3) is 0 Å². The van der Waals surface area contributed by atoms with Crippen molar-refractivity contribution in [3.63, 3.8) is 0 Å². The first-order valence-electron chi connectivity index (χ1n) is 5.84. The lowest BCUT2D eigenvalue weighted by Crippen LogP contribution is -2.38. The maximum Gasteiger partial charge on any atom is 0.246 e. The van der Waals surface area contributed by atoms with E-state index in [2.05, 4.69) is 9.88 Å². The van der Waals surface area contributed by atoms with Gasteiger partial charge in [-0.15, -0.1) is 0 Å². The Labute approximate surface area is 107 Å². The number of aliphatic hydroxyl groups excluding tert-OH is 1. The number of nitrogens with one attached hydrogen (secondary N) is 1. The molecule has 1 aromatic heterocycles. The first-order valence-corrected chi connectivity index (χ1v) is 7.32. The van der Waals surface area contributed by atoms with Crippen LogP contribution < -0.4 is 4.72 Å². The van der Waals surface area contributed by atoms with E-state index in [0.717, 1.165) is 0 Å². The van der Waals surface area contributed by atoms with Gasteiger partial charge in [0, 0.05) is 6.04 Å². The minimum atomic E-state index is -3.70. The molecule has 0 aliphatic rings. The molecule has 0 aromatic carbocycles. The summed E-state index contributed by atoms with van der Waals surface area (Å²) in [5.41, 5.74) is 0.321. The molecule has 0 aliphatic heterocycles. The topological polar surface area (TPSA) is 92.4 Å². The summed E-state index contributed by atoms with van der Waals surface area (Å²) < 4.78 is 31.7. The summed E-state index contributed by atoms with van der Waals surface area (Å²) in [7, 11) is -3.70. The zero-order valence-corrected chi connectivity index (χ0v) is 11.9. The van der Waals surface area contributed by atoms with Gasteiger partial charge in [0.1, 0.15) is 10.6 Å². The van der Waals surface area contributed by atoms with Gasteiger partial charge < -0.3 is 9.63 Å². The van der Waals surface area contributed by atoms with Crippen LogP contribution in [0.5, 0.6) is 0 Å². The molecule has 0 saturated heterocycles. The SMILES string of the molecule is Cc1noc(C)c1S(=O)(=O)NC(CO)CC(C)C. The van der Waals surface area contributed by atoms with Crippen molar-refractivity contribution in [1.82, 2.24) is 9.88 Å². The quantitative estimate of drug-likeness (QED) is 0.808. The Bertz CT molecular complexity index is 474. The number of aromatic nitrogens is 1. The highest BCUT2D eigenvalue weighted by Crippen LogP contribution is 2.19. The maximum atomic E-state index is 12.2. The lowest BCUT2D eigenvalue weighted by atomic mass is 10.1. The van der Waals surface area contributed by atoms with E-state index in [-0.39, 0.29) is 23.2 Å². The van der Waals surface area contributed by atoms with Crippen molar-refractivity contribution in [2.24, 2.45) is 5.92 Å². The summed E-state index contributed by atoms with van der Waals surface area (Å²) in [5, 5.41) is 12.8. The molecule has 6 nitrogen and oxygen atoms in total. The molecule has 0 fully saturated rings. The second kappa shape index (κ2) is 5.81. The third-order valence-corrected chi connectivity index (χ3v) is 4.30. The first kappa shape index (κ1) is 15.1. The van der Waals surface area contributed by atoms with Crippen LogP contribution in [0.1, 0.15) is 31.7 Å². The highest BCUT2D eigenvalue weighted by atomic mass is 32.2. The van der Waals surface area contributed by atoms with Crippen LogP contribution in [0, 0.1) is 19.8 Å². The first-order chi connectivity index (χ1) is 8.27. The average molecular weight is 276 g/mol. The molecule has 1 atom stereocenters. The fourth-order valence-electron chi connectivity index (χ4n) is 1.87. The summed E-state index contributed by atoms with van der Waals surface area (Å²) in [6.45, 7) is 6.81. The molecular formula is C11H20N2O4S. The van der Waals surface area contributed by atoms with Crippen molar-refractivity contribution in [1.29, 1.82) is 0 Å². The van der Waals surface area contributed by atoms with Gasteiger partial charge in [0.05, 0.1) is 6.61 Å². The van der Waals surface area contributed by atoms with Crippen molar-refractivity contribution < 1.29 is 18.0 Å². The number of sulfonamides is 1. The lowest BCUT2D eigenvalue weighted by molar-refractivity contribution is 0.240. The number of nitrogens with zero attached hydrogens (tertiary/aromatic N) is 1. The second-order valence-electron chi connectivity index (χ2n) is 4.78. The Morgan fingerprint density at radius 2 is 2.00 bits per heavy atom. The van der Waals surface area contributed by atoms with E-state index in [1.165, 1.54) is 0 Å². The fraction of sp³-hybridized carbons (Fsp3) is 0.727. The summed E-state index contributed by atoms with van der Waals surface area (Å²) in [6.07, 6.45) is 0.569. The standard InChI is InChI=1S/C11H20N2O4S/c1-7(2)5-10(6-14)13-18(15,16)11-8(3)12-17-9(11)4/h7,10,13-14H,5-6H2,1-4H3. The third kappa shape index (κ3) is 3.54. The molecular weight excluding hydrogens is 256 g/mol. The van der Waals surface area contributed by atoms with Crippen LogP contribution in [-0.4, -0.2) is 31.3 Å². The Kier molecular flexibility index (Phi) is 4.89. The van der Waals surface area contributed by atoms with Gasteiger partial charge in [-0.3, -0.25) is 0 Å². The molecule has 0 radical (unpaired) electrons. The van der Waals surface area contributed by atoms with Gasteiger partial charge in [-0.1, -0.05) is 19.0 Å². The molecule has 104 valence electrons. The molecule has 0 amide bonds. The fourth-order valence-corrected chi connectivity index (χ4v) is 3.43. The third-order valence-electron chi connectivity index (χ3n) is 2.53. The molecule has 0 aliphatic carbocycles. The van der Waals surface area contributed by atoms with E-state index in [1.807, 2.05) is 13.8 Å². The minimum Gasteiger partial charge on any atom is -0.395 e. The lowest BCUT2D eigenvalue weighted by Gasteiger charge is -2.18. The van der Waals surface area contributed by atoms with E-state index in [0.29, 0.717) is 12.1 Å². The van der Waals surface area contributed by atoms with E-state index in [9.17, 15) is 13.5 Å². The maximum absolute atomic E-state index is 12.2. The molecule has 0 saturated carbocycles. The predicted molar refractivity (Wildman–Crippen MR) is 66.6 cm³/mol. The van der Waals surface area contributed by atoms with Gasteiger partial charge in [-0.05, 0) is 26.2 Å². The smallest absolute Gasteiger partial charge is 0.246 e. The molecule has 0 bridgehead atoms. The van der Waals surface area contributed by atoms with Gasteiger partial charge in [0.25, 0.3) is 0 Å². The van der Waals surface area contributed by atoms with Gasteiger partial charge >= 0.3 is 0 Å².